The SMILES string of the molecule is O=C(N[C@@H](O)C(=O)[O-])c1ccccc1. The highest BCUT2D eigenvalue weighted by atomic mass is 16.4. The Balaban J connectivity index is 2.64. The van der Waals surface area contributed by atoms with Crippen molar-refractivity contribution < 1.29 is 19.8 Å². The minimum atomic E-state index is -1.98. The molecule has 1 aromatic rings. The lowest BCUT2D eigenvalue weighted by Crippen LogP contribution is -2.47. The Kier molecular flexibility index (Phi) is 3.19. The van der Waals surface area contributed by atoms with Gasteiger partial charge in [-0.1, -0.05) is 18.2 Å². The van der Waals surface area contributed by atoms with Crippen LogP contribution in [0, 0.1) is 0 Å². The average molecular weight is 194 g/mol. The maximum atomic E-state index is 11.2. The van der Waals surface area contributed by atoms with E-state index in [1.54, 1.807) is 18.2 Å². The van der Waals surface area contributed by atoms with Gasteiger partial charge in [-0.15, -0.1) is 0 Å². The molecule has 5 heteroatoms. The first-order chi connectivity index (χ1) is 6.61. The monoisotopic (exact) mass is 194 g/mol. The van der Waals surface area contributed by atoms with Gasteiger partial charge in [-0.2, -0.15) is 0 Å². The van der Waals surface area contributed by atoms with Crippen LogP contribution in [0.15, 0.2) is 30.3 Å². The van der Waals surface area contributed by atoms with Gasteiger partial charge in [0.25, 0.3) is 5.91 Å². The normalized spacial score (nSPS) is 11.8. The third-order valence-corrected chi connectivity index (χ3v) is 1.53. The number of rotatable bonds is 3. The Bertz CT molecular complexity index is 336. The molecule has 1 rings (SSSR count). The summed E-state index contributed by atoms with van der Waals surface area (Å²) < 4.78 is 0. The van der Waals surface area contributed by atoms with Gasteiger partial charge in [0.1, 0.15) is 0 Å². The first-order valence-electron chi connectivity index (χ1n) is 3.86. The van der Waals surface area contributed by atoms with Crippen molar-refractivity contribution in [3.05, 3.63) is 35.9 Å². The molecule has 0 aliphatic heterocycles. The molecular formula is C9H8NO4-. The molecule has 0 aliphatic rings. The zero-order valence-corrected chi connectivity index (χ0v) is 7.14. The highest BCUT2D eigenvalue weighted by molar-refractivity contribution is 5.95. The number of carboxylic acid groups (broad SMARTS) is 1. The molecule has 0 saturated carbocycles. The standard InChI is InChI=1S/C9H9NO4/c11-7(10-8(12)9(13)14)6-4-2-1-3-5-6/h1-5,8,12H,(H,10,11)(H,13,14)/p-1/t8-/m0/s1. The second-order valence-corrected chi connectivity index (χ2v) is 2.56. The van der Waals surface area contributed by atoms with Gasteiger partial charge in [0, 0.05) is 5.56 Å². The van der Waals surface area contributed by atoms with Crippen LogP contribution in [0.4, 0.5) is 0 Å². The number of nitrogens with one attached hydrogen (secondary N) is 1. The maximum absolute atomic E-state index is 11.2. The fourth-order valence-corrected chi connectivity index (χ4v) is 0.856. The Morgan fingerprint density at radius 1 is 1.29 bits per heavy atom. The summed E-state index contributed by atoms with van der Waals surface area (Å²) in [5.74, 6) is -2.41. The first kappa shape index (κ1) is 10.2. The van der Waals surface area contributed by atoms with E-state index in [0.717, 1.165) is 0 Å². The van der Waals surface area contributed by atoms with Crippen LogP contribution in [0.1, 0.15) is 10.4 Å². The number of amides is 1. The van der Waals surface area contributed by atoms with Crippen molar-refractivity contribution in [2.24, 2.45) is 0 Å². The van der Waals surface area contributed by atoms with Crippen LogP contribution in [0.2, 0.25) is 0 Å². The van der Waals surface area contributed by atoms with Gasteiger partial charge >= 0.3 is 0 Å². The lowest BCUT2D eigenvalue weighted by molar-refractivity contribution is -0.315. The van der Waals surface area contributed by atoms with Crippen molar-refractivity contribution in [3.63, 3.8) is 0 Å². The van der Waals surface area contributed by atoms with Gasteiger partial charge in [-0.25, -0.2) is 0 Å². The molecule has 1 amide bonds. The summed E-state index contributed by atoms with van der Waals surface area (Å²) in [4.78, 5) is 21.3. The molecule has 0 saturated heterocycles. The topological polar surface area (TPSA) is 89.5 Å². The Morgan fingerprint density at radius 3 is 2.36 bits per heavy atom. The van der Waals surface area contributed by atoms with Gasteiger partial charge in [0.15, 0.2) is 6.23 Å². The van der Waals surface area contributed by atoms with E-state index in [1.165, 1.54) is 12.1 Å². The zero-order valence-electron chi connectivity index (χ0n) is 7.14. The second kappa shape index (κ2) is 4.38. The highest BCUT2D eigenvalue weighted by Crippen LogP contribution is 1.97. The molecule has 1 atom stereocenters. The molecule has 2 N–H and O–H groups in total. The van der Waals surface area contributed by atoms with Crippen molar-refractivity contribution in [2.75, 3.05) is 0 Å². The molecule has 0 radical (unpaired) electrons. The molecule has 0 aromatic heterocycles. The van der Waals surface area contributed by atoms with Gasteiger partial charge < -0.3 is 20.3 Å². The first-order valence-corrected chi connectivity index (χ1v) is 3.86. The molecule has 74 valence electrons. The summed E-state index contributed by atoms with van der Waals surface area (Å²) in [6, 6.07) is 7.96. The quantitative estimate of drug-likeness (QED) is 0.572. The van der Waals surface area contributed by atoms with Crippen molar-refractivity contribution in [3.8, 4) is 0 Å². The van der Waals surface area contributed by atoms with Crippen molar-refractivity contribution >= 4 is 11.9 Å². The Hall–Kier alpha value is -1.88. The van der Waals surface area contributed by atoms with E-state index >= 15 is 0 Å². The third-order valence-electron chi connectivity index (χ3n) is 1.53. The molecule has 0 spiro atoms. The summed E-state index contributed by atoms with van der Waals surface area (Å²) in [6.45, 7) is 0. The van der Waals surface area contributed by atoms with Crippen LogP contribution in [-0.4, -0.2) is 23.2 Å². The van der Waals surface area contributed by atoms with Crippen LogP contribution in [0.25, 0.3) is 0 Å². The molecule has 0 heterocycles. The minimum absolute atomic E-state index is 0.271. The molecule has 5 nitrogen and oxygen atoms in total. The summed E-state index contributed by atoms with van der Waals surface area (Å²) in [6.07, 6.45) is -1.98. The minimum Gasteiger partial charge on any atom is -0.545 e. The molecule has 0 unspecified atom stereocenters. The molecule has 0 aliphatic carbocycles. The van der Waals surface area contributed by atoms with Gasteiger partial charge in [0.05, 0.1) is 5.97 Å². The fraction of sp³-hybridized carbons (Fsp3) is 0.111. The summed E-state index contributed by atoms with van der Waals surface area (Å²) in [7, 11) is 0. The van der Waals surface area contributed by atoms with Crippen LogP contribution in [0.5, 0.6) is 0 Å². The van der Waals surface area contributed by atoms with Gasteiger partial charge in [-0.05, 0) is 12.1 Å². The zero-order chi connectivity index (χ0) is 10.6. The molecule has 1 aromatic carbocycles. The van der Waals surface area contributed by atoms with Gasteiger partial charge in [-0.3, -0.25) is 4.79 Å². The summed E-state index contributed by atoms with van der Waals surface area (Å²) in [5, 5.41) is 20.7. The smallest absolute Gasteiger partial charge is 0.253 e. The fourth-order valence-electron chi connectivity index (χ4n) is 0.856. The van der Waals surface area contributed by atoms with Crippen LogP contribution in [-0.2, 0) is 4.79 Å². The van der Waals surface area contributed by atoms with E-state index in [0.29, 0.717) is 0 Å². The molecule has 14 heavy (non-hydrogen) atoms. The summed E-state index contributed by atoms with van der Waals surface area (Å²) in [5.41, 5.74) is 0.271. The van der Waals surface area contributed by atoms with Crippen molar-refractivity contribution in [1.82, 2.24) is 5.32 Å². The van der Waals surface area contributed by atoms with E-state index in [1.807, 2.05) is 5.32 Å². The number of aliphatic carboxylic acids is 1. The second-order valence-electron chi connectivity index (χ2n) is 2.56. The number of carboxylic acids is 1. The van der Waals surface area contributed by atoms with E-state index in [4.69, 9.17) is 5.11 Å². The number of carbonyl (C=O) groups excluding carboxylic acids is 2. The van der Waals surface area contributed by atoms with E-state index < -0.39 is 18.1 Å². The van der Waals surface area contributed by atoms with Gasteiger partial charge in [0.2, 0.25) is 0 Å². The number of aliphatic hydroxyl groups is 1. The Labute approximate surface area is 80.0 Å². The highest BCUT2D eigenvalue weighted by Gasteiger charge is 2.10. The largest absolute Gasteiger partial charge is 0.545 e. The number of hydrogen-bond donors (Lipinski definition) is 2. The van der Waals surface area contributed by atoms with Crippen molar-refractivity contribution in [2.45, 2.75) is 6.23 Å². The molecule has 0 fully saturated rings. The lowest BCUT2D eigenvalue weighted by Gasteiger charge is -2.12. The predicted octanol–water partition coefficient (Wildman–Crippen LogP) is -1.52. The Morgan fingerprint density at radius 2 is 1.86 bits per heavy atom. The van der Waals surface area contributed by atoms with Crippen molar-refractivity contribution in [1.29, 1.82) is 0 Å². The van der Waals surface area contributed by atoms with Crippen LogP contribution in [0.3, 0.4) is 0 Å². The molecule has 0 bridgehead atoms. The number of carbonyl (C=O) groups is 2. The average Bonchev–Trinajstić information content (AvgIpc) is 2.19. The number of hydrogen-bond acceptors (Lipinski definition) is 4. The maximum Gasteiger partial charge on any atom is 0.253 e. The third kappa shape index (κ3) is 2.56. The van der Waals surface area contributed by atoms with E-state index in [9.17, 15) is 14.7 Å². The van der Waals surface area contributed by atoms with Crippen LogP contribution < -0.4 is 10.4 Å². The van der Waals surface area contributed by atoms with E-state index in [-0.39, 0.29) is 5.56 Å². The van der Waals surface area contributed by atoms with E-state index in [2.05, 4.69) is 0 Å². The molecular weight excluding hydrogens is 186 g/mol. The number of aliphatic hydroxyl groups excluding tert-OH is 1. The number of benzene rings is 1. The predicted molar refractivity (Wildman–Crippen MR) is 44.9 cm³/mol. The summed E-state index contributed by atoms with van der Waals surface area (Å²) >= 11 is 0. The van der Waals surface area contributed by atoms with Crippen LogP contribution >= 0.6 is 0 Å². The lowest BCUT2D eigenvalue weighted by atomic mass is 10.2.